The summed E-state index contributed by atoms with van der Waals surface area (Å²) < 4.78 is 37.3. The van der Waals surface area contributed by atoms with E-state index in [1.54, 1.807) is 7.05 Å². The van der Waals surface area contributed by atoms with Crippen molar-refractivity contribution in [3.05, 3.63) is 0 Å². The Morgan fingerprint density at radius 1 is 1.12 bits per heavy atom. The Labute approximate surface area is 155 Å². The number of guanidine groups is 1. The van der Waals surface area contributed by atoms with Gasteiger partial charge in [-0.1, -0.05) is 6.92 Å². The summed E-state index contributed by atoms with van der Waals surface area (Å²) in [4.78, 5) is 8.29. The standard InChI is InChI=1S/C18H34F3N5/c1-3-26-10-4-5-16(26)13-24-17(22-2)23-9-6-15-7-11-25(12-8-15)14-18(19,20)21/h15-16H,3-14H2,1-2H3,(H2,22,23,24). The highest BCUT2D eigenvalue weighted by Crippen LogP contribution is 2.24. The number of alkyl halides is 3. The second-order valence-electron chi connectivity index (χ2n) is 7.43. The maximum Gasteiger partial charge on any atom is 0.401 e. The van der Waals surface area contributed by atoms with Crippen LogP contribution in [0, 0.1) is 5.92 Å². The van der Waals surface area contributed by atoms with Crippen molar-refractivity contribution in [3.8, 4) is 0 Å². The first-order valence-corrected chi connectivity index (χ1v) is 9.89. The summed E-state index contributed by atoms with van der Waals surface area (Å²) in [5.74, 6) is 1.32. The van der Waals surface area contributed by atoms with Crippen molar-refractivity contribution in [1.82, 2.24) is 20.4 Å². The predicted molar refractivity (Wildman–Crippen MR) is 99.5 cm³/mol. The number of rotatable bonds is 7. The third-order valence-electron chi connectivity index (χ3n) is 5.59. The van der Waals surface area contributed by atoms with E-state index in [0.717, 1.165) is 44.9 Å². The van der Waals surface area contributed by atoms with Crippen LogP contribution < -0.4 is 10.6 Å². The molecular formula is C18H34F3N5. The van der Waals surface area contributed by atoms with E-state index in [1.165, 1.54) is 24.3 Å². The molecule has 2 rings (SSSR count). The molecule has 0 aromatic rings. The van der Waals surface area contributed by atoms with Crippen molar-refractivity contribution in [2.75, 3.05) is 52.9 Å². The lowest BCUT2D eigenvalue weighted by Gasteiger charge is -2.32. The number of hydrogen-bond donors (Lipinski definition) is 2. The summed E-state index contributed by atoms with van der Waals surface area (Å²) >= 11 is 0. The van der Waals surface area contributed by atoms with Gasteiger partial charge in [-0.2, -0.15) is 13.2 Å². The molecule has 2 heterocycles. The molecule has 2 saturated heterocycles. The molecule has 2 aliphatic heterocycles. The van der Waals surface area contributed by atoms with Crippen LogP contribution in [0.2, 0.25) is 0 Å². The number of hydrogen-bond acceptors (Lipinski definition) is 3. The molecule has 0 amide bonds. The highest BCUT2D eigenvalue weighted by Gasteiger charge is 2.32. The summed E-state index contributed by atoms with van der Waals surface area (Å²) in [5, 5.41) is 6.76. The van der Waals surface area contributed by atoms with E-state index < -0.39 is 12.7 Å². The zero-order chi connectivity index (χ0) is 19.0. The molecule has 2 fully saturated rings. The Bertz CT molecular complexity index is 433. The number of likely N-dealkylation sites (N-methyl/N-ethyl adjacent to an activating group) is 1. The van der Waals surface area contributed by atoms with E-state index >= 15 is 0 Å². The molecule has 0 aliphatic carbocycles. The van der Waals surface area contributed by atoms with Gasteiger partial charge >= 0.3 is 6.18 Å². The zero-order valence-electron chi connectivity index (χ0n) is 16.1. The molecule has 0 aromatic heterocycles. The highest BCUT2D eigenvalue weighted by atomic mass is 19.4. The average Bonchev–Trinajstić information content (AvgIpc) is 3.05. The normalized spacial score (nSPS) is 24.2. The number of likely N-dealkylation sites (tertiary alicyclic amines) is 2. The smallest absolute Gasteiger partial charge is 0.356 e. The van der Waals surface area contributed by atoms with Crippen molar-refractivity contribution >= 4 is 5.96 Å². The minimum absolute atomic E-state index is 0.496. The molecule has 8 heteroatoms. The van der Waals surface area contributed by atoms with Gasteiger partial charge in [0.05, 0.1) is 6.54 Å². The van der Waals surface area contributed by atoms with Crippen LogP contribution in [-0.2, 0) is 0 Å². The molecule has 0 radical (unpaired) electrons. The first-order valence-electron chi connectivity index (χ1n) is 9.89. The molecule has 0 bridgehead atoms. The van der Waals surface area contributed by atoms with Crippen LogP contribution in [0.4, 0.5) is 13.2 Å². The Kier molecular flexibility index (Phi) is 8.47. The second-order valence-corrected chi connectivity index (χ2v) is 7.43. The maximum atomic E-state index is 12.4. The van der Waals surface area contributed by atoms with Crippen LogP contribution in [0.1, 0.15) is 39.0 Å². The lowest BCUT2D eigenvalue weighted by molar-refractivity contribution is -0.148. The van der Waals surface area contributed by atoms with Gasteiger partial charge in [0.15, 0.2) is 5.96 Å². The number of piperidine rings is 1. The Balaban J connectivity index is 1.59. The highest BCUT2D eigenvalue weighted by molar-refractivity contribution is 5.79. The van der Waals surface area contributed by atoms with Gasteiger partial charge in [0.1, 0.15) is 0 Å². The maximum absolute atomic E-state index is 12.4. The summed E-state index contributed by atoms with van der Waals surface area (Å²) in [6.07, 6.45) is 1.08. The van der Waals surface area contributed by atoms with Crippen molar-refractivity contribution in [1.29, 1.82) is 0 Å². The SMILES string of the molecule is CCN1CCCC1CNC(=NC)NCCC1CCN(CC(F)(F)F)CC1. The van der Waals surface area contributed by atoms with Crippen LogP contribution in [0.25, 0.3) is 0 Å². The lowest BCUT2D eigenvalue weighted by Crippen LogP contribution is -2.45. The summed E-state index contributed by atoms with van der Waals surface area (Å²) in [5.41, 5.74) is 0. The number of nitrogens with one attached hydrogen (secondary N) is 2. The van der Waals surface area contributed by atoms with Gasteiger partial charge in [0.25, 0.3) is 0 Å². The van der Waals surface area contributed by atoms with Crippen LogP contribution >= 0.6 is 0 Å². The van der Waals surface area contributed by atoms with Crippen molar-refractivity contribution in [3.63, 3.8) is 0 Å². The van der Waals surface area contributed by atoms with Crippen LogP contribution in [0.5, 0.6) is 0 Å². The molecule has 2 aliphatic rings. The Hall–Kier alpha value is -1.02. The molecule has 1 unspecified atom stereocenters. The summed E-state index contributed by atoms with van der Waals surface area (Å²) in [6.45, 7) is 6.51. The summed E-state index contributed by atoms with van der Waals surface area (Å²) in [6, 6.07) is 0.580. The van der Waals surface area contributed by atoms with Crippen LogP contribution in [-0.4, -0.2) is 80.8 Å². The first-order chi connectivity index (χ1) is 12.4. The molecule has 2 N–H and O–H groups in total. The third kappa shape index (κ3) is 7.31. The van der Waals surface area contributed by atoms with Gasteiger partial charge in [-0.15, -0.1) is 0 Å². The molecule has 26 heavy (non-hydrogen) atoms. The number of halogens is 3. The molecule has 152 valence electrons. The van der Waals surface area contributed by atoms with E-state index in [-0.39, 0.29) is 0 Å². The quantitative estimate of drug-likeness (QED) is 0.528. The van der Waals surface area contributed by atoms with Gasteiger partial charge < -0.3 is 10.6 Å². The first kappa shape index (κ1) is 21.3. The number of nitrogens with zero attached hydrogens (tertiary/aromatic N) is 3. The summed E-state index contributed by atoms with van der Waals surface area (Å²) in [7, 11) is 1.77. The monoisotopic (exact) mass is 377 g/mol. The van der Waals surface area contributed by atoms with E-state index in [4.69, 9.17) is 0 Å². The molecule has 5 nitrogen and oxygen atoms in total. The Morgan fingerprint density at radius 2 is 1.85 bits per heavy atom. The fourth-order valence-corrected chi connectivity index (χ4v) is 4.06. The second kappa shape index (κ2) is 10.3. The molecular weight excluding hydrogens is 343 g/mol. The molecule has 1 atom stereocenters. The van der Waals surface area contributed by atoms with Gasteiger partial charge in [-0.3, -0.25) is 14.8 Å². The fourth-order valence-electron chi connectivity index (χ4n) is 4.06. The van der Waals surface area contributed by atoms with E-state index in [1.807, 2.05) is 0 Å². The van der Waals surface area contributed by atoms with E-state index in [9.17, 15) is 13.2 Å². The van der Waals surface area contributed by atoms with Crippen molar-refractivity contribution in [2.24, 2.45) is 10.9 Å². The largest absolute Gasteiger partial charge is 0.401 e. The van der Waals surface area contributed by atoms with Crippen molar-refractivity contribution in [2.45, 2.75) is 51.2 Å². The van der Waals surface area contributed by atoms with Crippen molar-refractivity contribution < 1.29 is 13.2 Å². The minimum atomic E-state index is -4.08. The predicted octanol–water partition coefficient (Wildman–Crippen LogP) is 2.30. The lowest BCUT2D eigenvalue weighted by atomic mass is 9.93. The minimum Gasteiger partial charge on any atom is -0.356 e. The van der Waals surface area contributed by atoms with Gasteiger partial charge in [-0.05, 0) is 64.2 Å². The average molecular weight is 377 g/mol. The Morgan fingerprint density at radius 3 is 2.46 bits per heavy atom. The van der Waals surface area contributed by atoms with Crippen LogP contribution in [0.3, 0.4) is 0 Å². The van der Waals surface area contributed by atoms with Gasteiger partial charge in [0.2, 0.25) is 0 Å². The molecule has 0 saturated carbocycles. The van der Waals surface area contributed by atoms with Crippen LogP contribution in [0.15, 0.2) is 4.99 Å². The zero-order valence-corrected chi connectivity index (χ0v) is 16.1. The van der Waals surface area contributed by atoms with Gasteiger partial charge in [0, 0.05) is 26.2 Å². The molecule has 0 aromatic carbocycles. The third-order valence-corrected chi connectivity index (χ3v) is 5.59. The molecule has 0 spiro atoms. The number of aliphatic imine (C=N–C) groups is 1. The van der Waals surface area contributed by atoms with E-state index in [2.05, 4.69) is 27.4 Å². The van der Waals surface area contributed by atoms with E-state index in [0.29, 0.717) is 25.0 Å². The van der Waals surface area contributed by atoms with Gasteiger partial charge in [-0.25, -0.2) is 0 Å². The fraction of sp³-hybridized carbons (Fsp3) is 0.944. The topological polar surface area (TPSA) is 42.9 Å².